The molecule has 2 heterocycles. The van der Waals surface area contributed by atoms with Crippen LogP contribution in [0.2, 0.25) is 0 Å². The number of carbonyl (C=O) groups excluding carboxylic acids is 1. The van der Waals surface area contributed by atoms with Crippen LogP contribution in [-0.2, 0) is 13.0 Å². The lowest BCUT2D eigenvalue weighted by Gasteiger charge is -2.16. The third-order valence-electron chi connectivity index (χ3n) is 5.52. The van der Waals surface area contributed by atoms with Gasteiger partial charge in [-0.3, -0.25) is 4.79 Å². The number of aromatic nitrogens is 5. The summed E-state index contributed by atoms with van der Waals surface area (Å²) in [5, 5.41) is 16.5. The van der Waals surface area contributed by atoms with E-state index < -0.39 is 0 Å². The van der Waals surface area contributed by atoms with Crippen LogP contribution in [0.15, 0.2) is 33.9 Å². The first-order valence-electron chi connectivity index (χ1n) is 10.9. The Hall–Kier alpha value is -2.88. The molecule has 1 aliphatic rings. The van der Waals surface area contributed by atoms with Crippen molar-refractivity contribution < 1.29 is 14.1 Å². The van der Waals surface area contributed by atoms with Crippen molar-refractivity contribution in [3.8, 4) is 5.75 Å². The summed E-state index contributed by atoms with van der Waals surface area (Å²) >= 11 is 1.65. The van der Waals surface area contributed by atoms with Crippen LogP contribution in [-0.4, -0.2) is 43.6 Å². The summed E-state index contributed by atoms with van der Waals surface area (Å²) in [4.78, 5) is 16.5. The zero-order chi connectivity index (χ0) is 22.3. The first-order chi connectivity index (χ1) is 15.6. The molecule has 0 aliphatic heterocycles. The van der Waals surface area contributed by atoms with Crippen molar-refractivity contribution in [3.63, 3.8) is 0 Å². The molecule has 0 atom stereocenters. The van der Waals surface area contributed by atoms with Gasteiger partial charge in [-0.15, -0.1) is 10.2 Å². The first-order valence-corrected chi connectivity index (χ1v) is 12.1. The van der Waals surface area contributed by atoms with Crippen LogP contribution in [0, 0.1) is 6.92 Å². The predicted molar refractivity (Wildman–Crippen MR) is 120 cm³/mol. The lowest BCUT2D eigenvalue weighted by Crippen LogP contribution is -2.25. The summed E-state index contributed by atoms with van der Waals surface area (Å²) in [5.74, 6) is 2.54. The van der Waals surface area contributed by atoms with E-state index in [1.807, 2.05) is 6.26 Å². The van der Waals surface area contributed by atoms with E-state index in [2.05, 4.69) is 30.2 Å². The van der Waals surface area contributed by atoms with E-state index in [0.717, 1.165) is 23.8 Å². The normalized spacial score (nSPS) is 14.1. The Morgan fingerprint density at radius 1 is 1.25 bits per heavy atom. The number of benzene rings is 1. The molecule has 0 radical (unpaired) electrons. The van der Waals surface area contributed by atoms with E-state index in [1.165, 1.54) is 25.7 Å². The highest BCUT2D eigenvalue weighted by Crippen LogP contribution is 2.33. The fraction of sp³-hybridized carbons (Fsp3) is 0.500. The number of nitrogens with zero attached hydrogens (tertiary/aromatic N) is 5. The summed E-state index contributed by atoms with van der Waals surface area (Å²) in [6.07, 6.45) is 8.60. The number of carbonyl (C=O) groups is 1. The molecule has 0 unspecified atom stereocenters. The van der Waals surface area contributed by atoms with Crippen LogP contribution in [0.25, 0.3) is 0 Å². The largest absolute Gasteiger partial charge is 0.485 e. The molecular weight excluding hydrogens is 428 g/mol. The molecule has 1 aromatic carbocycles. The fourth-order valence-corrected chi connectivity index (χ4v) is 4.52. The summed E-state index contributed by atoms with van der Waals surface area (Å²) in [7, 11) is 0. The van der Waals surface area contributed by atoms with Gasteiger partial charge in [0.2, 0.25) is 11.7 Å². The highest BCUT2D eigenvalue weighted by atomic mass is 32.2. The average molecular weight is 457 g/mol. The van der Waals surface area contributed by atoms with Gasteiger partial charge in [0.25, 0.3) is 5.91 Å². The molecule has 4 rings (SSSR count). The maximum absolute atomic E-state index is 12.5. The monoisotopic (exact) mass is 456 g/mol. The smallest absolute Gasteiger partial charge is 0.251 e. The topological polar surface area (TPSA) is 108 Å². The minimum atomic E-state index is -0.104. The van der Waals surface area contributed by atoms with Crippen molar-refractivity contribution in [1.29, 1.82) is 0 Å². The zero-order valence-corrected chi connectivity index (χ0v) is 19.2. The average Bonchev–Trinajstić information content (AvgIpc) is 3.56. The summed E-state index contributed by atoms with van der Waals surface area (Å²) in [6.45, 7) is 2.53. The second-order valence-corrected chi connectivity index (χ2v) is 8.59. The summed E-state index contributed by atoms with van der Waals surface area (Å²) in [6, 6.07) is 7.52. The second kappa shape index (κ2) is 10.6. The number of hydrogen-bond donors (Lipinski definition) is 1. The van der Waals surface area contributed by atoms with E-state index >= 15 is 0 Å². The van der Waals surface area contributed by atoms with Crippen molar-refractivity contribution in [2.75, 3.05) is 12.8 Å². The Labute approximate surface area is 191 Å². The van der Waals surface area contributed by atoms with Crippen LogP contribution in [0.4, 0.5) is 0 Å². The SMILES string of the molecule is CSc1nnc(CCCNC(=O)c2ccc(OCc3noc(C)n3)cc2)n1C1CCCC1. The van der Waals surface area contributed by atoms with Crippen LogP contribution >= 0.6 is 11.8 Å². The molecule has 1 amide bonds. The highest BCUT2D eigenvalue weighted by Gasteiger charge is 2.23. The van der Waals surface area contributed by atoms with E-state index in [9.17, 15) is 4.79 Å². The maximum atomic E-state index is 12.5. The van der Waals surface area contributed by atoms with Crippen LogP contribution in [0.1, 0.15) is 66.0 Å². The minimum Gasteiger partial charge on any atom is -0.485 e. The van der Waals surface area contributed by atoms with Gasteiger partial charge in [-0.2, -0.15) is 4.98 Å². The van der Waals surface area contributed by atoms with Gasteiger partial charge < -0.3 is 19.1 Å². The van der Waals surface area contributed by atoms with Gasteiger partial charge in [0.15, 0.2) is 11.8 Å². The molecule has 2 aromatic heterocycles. The van der Waals surface area contributed by atoms with Gasteiger partial charge in [-0.1, -0.05) is 29.8 Å². The highest BCUT2D eigenvalue weighted by molar-refractivity contribution is 7.98. The standard InChI is InChI=1S/C22H28N6O3S/c1-15-24-19(27-31-15)14-30-18-11-9-16(10-12-18)21(29)23-13-5-8-20-25-26-22(32-2)28(20)17-6-3-4-7-17/h9-12,17H,3-8,13-14H2,1-2H3,(H,23,29). The molecule has 3 aromatic rings. The molecule has 32 heavy (non-hydrogen) atoms. The Kier molecular flexibility index (Phi) is 7.41. The number of rotatable bonds is 10. The minimum absolute atomic E-state index is 0.104. The predicted octanol–water partition coefficient (Wildman–Crippen LogP) is 3.75. The van der Waals surface area contributed by atoms with Crippen LogP contribution in [0.3, 0.4) is 0 Å². The number of aryl methyl sites for hydroxylation is 2. The number of nitrogens with one attached hydrogen (secondary N) is 1. The molecule has 9 nitrogen and oxygen atoms in total. The van der Waals surface area contributed by atoms with Gasteiger partial charge in [0.05, 0.1) is 0 Å². The first kappa shape index (κ1) is 22.3. The van der Waals surface area contributed by atoms with Crippen molar-refractivity contribution >= 4 is 17.7 Å². The van der Waals surface area contributed by atoms with Gasteiger partial charge in [-0.05, 0) is 49.8 Å². The molecule has 1 fully saturated rings. The molecule has 10 heteroatoms. The molecule has 0 saturated heterocycles. The molecule has 1 saturated carbocycles. The van der Waals surface area contributed by atoms with Gasteiger partial charge >= 0.3 is 0 Å². The maximum Gasteiger partial charge on any atom is 0.251 e. The van der Waals surface area contributed by atoms with E-state index in [4.69, 9.17) is 9.26 Å². The van der Waals surface area contributed by atoms with E-state index in [1.54, 1.807) is 43.0 Å². The Morgan fingerprint density at radius 3 is 2.72 bits per heavy atom. The molecule has 0 bridgehead atoms. The van der Waals surface area contributed by atoms with Gasteiger partial charge in [-0.25, -0.2) is 0 Å². The van der Waals surface area contributed by atoms with Crippen molar-refractivity contribution in [3.05, 3.63) is 47.4 Å². The number of amides is 1. The van der Waals surface area contributed by atoms with E-state index in [0.29, 0.717) is 35.6 Å². The lowest BCUT2D eigenvalue weighted by molar-refractivity contribution is 0.0953. The summed E-state index contributed by atoms with van der Waals surface area (Å²) in [5.41, 5.74) is 0.589. The number of hydrogen-bond acceptors (Lipinski definition) is 8. The zero-order valence-electron chi connectivity index (χ0n) is 18.4. The molecule has 170 valence electrons. The number of thioether (sulfide) groups is 1. The van der Waals surface area contributed by atoms with Crippen molar-refractivity contribution in [2.45, 2.75) is 63.3 Å². The third-order valence-corrected chi connectivity index (χ3v) is 6.17. The summed E-state index contributed by atoms with van der Waals surface area (Å²) < 4.78 is 12.8. The Bertz CT molecular complexity index is 1030. The lowest BCUT2D eigenvalue weighted by atomic mass is 10.2. The van der Waals surface area contributed by atoms with Gasteiger partial charge in [0, 0.05) is 31.5 Å². The number of ether oxygens (including phenoxy) is 1. The molecule has 0 spiro atoms. The van der Waals surface area contributed by atoms with E-state index in [-0.39, 0.29) is 12.5 Å². The second-order valence-electron chi connectivity index (χ2n) is 7.81. The van der Waals surface area contributed by atoms with Crippen molar-refractivity contribution in [2.24, 2.45) is 0 Å². The van der Waals surface area contributed by atoms with Crippen molar-refractivity contribution in [1.82, 2.24) is 30.2 Å². The molecule has 1 aliphatic carbocycles. The van der Waals surface area contributed by atoms with Crippen LogP contribution < -0.4 is 10.1 Å². The Balaban J connectivity index is 1.23. The molecule has 1 N–H and O–H groups in total. The molecular formula is C22H28N6O3S. The quantitative estimate of drug-likeness (QED) is 0.363. The third kappa shape index (κ3) is 5.48. The van der Waals surface area contributed by atoms with Crippen LogP contribution in [0.5, 0.6) is 5.75 Å². The Morgan fingerprint density at radius 2 is 2.03 bits per heavy atom. The van der Waals surface area contributed by atoms with Gasteiger partial charge in [0.1, 0.15) is 11.6 Å². The fourth-order valence-electron chi connectivity index (χ4n) is 3.95.